The number of hydrogen-bond acceptors (Lipinski definition) is 2. The molecule has 1 aromatic carbocycles. The minimum atomic E-state index is -0.467. The van der Waals surface area contributed by atoms with Gasteiger partial charge < -0.3 is 0 Å². The molecular formula is C15H14ClFOS. The van der Waals surface area contributed by atoms with Gasteiger partial charge in [-0.2, -0.15) is 0 Å². The van der Waals surface area contributed by atoms with Crippen molar-refractivity contribution in [1.29, 1.82) is 0 Å². The molecule has 100 valence electrons. The fourth-order valence-electron chi connectivity index (χ4n) is 1.90. The van der Waals surface area contributed by atoms with Crippen LogP contribution in [0.4, 0.5) is 4.39 Å². The molecule has 0 N–H and O–H groups in total. The van der Waals surface area contributed by atoms with E-state index in [1.54, 1.807) is 23.5 Å². The van der Waals surface area contributed by atoms with Crippen LogP contribution in [0.2, 0.25) is 5.02 Å². The Morgan fingerprint density at radius 1 is 1.26 bits per heavy atom. The second-order valence-electron chi connectivity index (χ2n) is 4.36. The molecule has 19 heavy (non-hydrogen) atoms. The number of thiophene rings is 1. The molecule has 0 aliphatic rings. The molecule has 1 heterocycles. The number of ketones is 1. The number of Topliss-reactive ketones (excluding diaryl/α,β-unsaturated/α-hetero) is 1. The van der Waals surface area contributed by atoms with E-state index >= 15 is 0 Å². The van der Waals surface area contributed by atoms with Gasteiger partial charge in [-0.05, 0) is 35.9 Å². The van der Waals surface area contributed by atoms with Gasteiger partial charge in [0.05, 0.1) is 5.02 Å². The Bertz CT molecular complexity index is 551. The molecule has 0 spiro atoms. The van der Waals surface area contributed by atoms with Gasteiger partial charge in [-0.1, -0.05) is 29.8 Å². The summed E-state index contributed by atoms with van der Waals surface area (Å²) >= 11 is 7.53. The van der Waals surface area contributed by atoms with Crippen LogP contribution in [0.25, 0.3) is 0 Å². The molecule has 0 saturated heterocycles. The van der Waals surface area contributed by atoms with Gasteiger partial charge in [-0.25, -0.2) is 4.39 Å². The SMILES string of the molecule is O=C(CCCc1cccs1)Cc1cccc(F)c1Cl. The molecule has 1 aromatic heterocycles. The third-order valence-corrected chi connectivity index (χ3v) is 4.24. The molecule has 0 amide bonds. The van der Waals surface area contributed by atoms with E-state index in [0.717, 1.165) is 12.8 Å². The number of carbonyl (C=O) groups is 1. The van der Waals surface area contributed by atoms with Crippen LogP contribution in [0.3, 0.4) is 0 Å². The highest BCUT2D eigenvalue weighted by molar-refractivity contribution is 7.09. The first kappa shape index (κ1) is 14.2. The second kappa shape index (κ2) is 6.83. The predicted molar refractivity (Wildman–Crippen MR) is 77.4 cm³/mol. The zero-order valence-corrected chi connectivity index (χ0v) is 11.9. The van der Waals surface area contributed by atoms with Crippen molar-refractivity contribution in [3.63, 3.8) is 0 Å². The number of hydrogen-bond donors (Lipinski definition) is 0. The normalized spacial score (nSPS) is 10.6. The largest absolute Gasteiger partial charge is 0.299 e. The van der Waals surface area contributed by atoms with Crippen LogP contribution in [0.1, 0.15) is 23.3 Å². The zero-order valence-electron chi connectivity index (χ0n) is 10.4. The molecule has 1 nitrogen and oxygen atoms in total. The first-order valence-corrected chi connectivity index (χ1v) is 7.39. The van der Waals surface area contributed by atoms with Crippen LogP contribution in [0, 0.1) is 5.82 Å². The molecule has 0 bridgehead atoms. The van der Waals surface area contributed by atoms with Gasteiger partial charge in [0.15, 0.2) is 0 Å². The fraction of sp³-hybridized carbons (Fsp3) is 0.267. The number of benzene rings is 1. The monoisotopic (exact) mass is 296 g/mol. The number of aryl methyl sites for hydroxylation is 1. The third-order valence-electron chi connectivity index (χ3n) is 2.88. The summed E-state index contributed by atoms with van der Waals surface area (Å²) < 4.78 is 13.2. The zero-order chi connectivity index (χ0) is 13.7. The van der Waals surface area contributed by atoms with Gasteiger partial charge in [0.2, 0.25) is 0 Å². The standard InChI is InChI=1S/C15H14ClFOS/c16-15-11(4-1-8-14(15)17)10-12(18)5-2-6-13-7-3-9-19-13/h1,3-4,7-9H,2,5-6,10H2. The first-order valence-electron chi connectivity index (χ1n) is 6.14. The molecule has 2 aromatic rings. The van der Waals surface area contributed by atoms with Crippen LogP contribution in [0.15, 0.2) is 35.7 Å². The Balaban J connectivity index is 1.82. The van der Waals surface area contributed by atoms with E-state index in [2.05, 4.69) is 6.07 Å². The molecule has 0 fully saturated rings. The summed E-state index contributed by atoms with van der Waals surface area (Å²) in [5, 5.41) is 2.10. The molecular weight excluding hydrogens is 283 g/mol. The lowest BCUT2D eigenvalue weighted by molar-refractivity contribution is -0.118. The minimum Gasteiger partial charge on any atom is -0.299 e. The van der Waals surface area contributed by atoms with Gasteiger partial charge in [0.1, 0.15) is 11.6 Å². The number of carbonyl (C=O) groups excluding carboxylic acids is 1. The van der Waals surface area contributed by atoms with E-state index in [4.69, 9.17) is 11.6 Å². The third kappa shape index (κ3) is 4.15. The maximum absolute atomic E-state index is 13.2. The fourth-order valence-corrected chi connectivity index (χ4v) is 2.84. The number of halogens is 2. The van der Waals surface area contributed by atoms with Crippen LogP contribution >= 0.6 is 22.9 Å². The lowest BCUT2D eigenvalue weighted by Gasteiger charge is -2.04. The van der Waals surface area contributed by atoms with Gasteiger partial charge >= 0.3 is 0 Å². The number of rotatable bonds is 6. The van der Waals surface area contributed by atoms with E-state index in [9.17, 15) is 9.18 Å². The van der Waals surface area contributed by atoms with Crippen LogP contribution in [-0.4, -0.2) is 5.78 Å². The van der Waals surface area contributed by atoms with Crippen molar-refractivity contribution in [3.8, 4) is 0 Å². The molecule has 0 radical (unpaired) electrons. The Kier molecular flexibility index (Phi) is 5.11. The van der Waals surface area contributed by atoms with Crippen molar-refractivity contribution in [2.75, 3.05) is 0 Å². The van der Waals surface area contributed by atoms with Crippen LogP contribution < -0.4 is 0 Å². The van der Waals surface area contributed by atoms with Crippen molar-refractivity contribution in [2.45, 2.75) is 25.7 Å². The summed E-state index contributed by atoms with van der Waals surface area (Å²) in [4.78, 5) is 13.1. The summed E-state index contributed by atoms with van der Waals surface area (Å²) in [6.07, 6.45) is 2.46. The van der Waals surface area contributed by atoms with E-state index in [1.165, 1.54) is 10.9 Å². The lowest BCUT2D eigenvalue weighted by Crippen LogP contribution is -2.04. The summed E-state index contributed by atoms with van der Waals surface area (Å²) in [6.45, 7) is 0. The summed E-state index contributed by atoms with van der Waals surface area (Å²) in [6, 6.07) is 8.65. The molecule has 0 atom stereocenters. The van der Waals surface area contributed by atoms with Crippen molar-refractivity contribution in [1.82, 2.24) is 0 Å². The molecule has 0 aliphatic carbocycles. The Hall–Kier alpha value is -1.19. The highest BCUT2D eigenvalue weighted by Crippen LogP contribution is 2.21. The summed E-state index contributed by atoms with van der Waals surface area (Å²) in [5.41, 5.74) is 0.572. The molecule has 4 heteroatoms. The van der Waals surface area contributed by atoms with Gasteiger partial charge in [-0.3, -0.25) is 4.79 Å². The van der Waals surface area contributed by atoms with E-state index < -0.39 is 5.82 Å². The molecule has 0 aliphatic heterocycles. The van der Waals surface area contributed by atoms with Gasteiger partial charge in [0, 0.05) is 17.7 Å². The average molecular weight is 297 g/mol. The van der Waals surface area contributed by atoms with Crippen molar-refractivity contribution < 1.29 is 9.18 Å². The average Bonchev–Trinajstić information content (AvgIpc) is 2.88. The second-order valence-corrected chi connectivity index (χ2v) is 5.77. The van der Waals surface area contributed by atoms with E-state index in [1.807, 2.05) is 11.4 Å². The topological polar surface area (TPSA) is 17.1 Å². The van der Waals surface area contributed by atoms with Crippen molar-refractivity contribution in [2.24, 2.45) is 0 Å². The Labute approximate surface area is 121 Å². The van der Waals surface area contributed by atoms with E-state index in [-0.39, 0.29) is 17.2 Å². The Morgan fingerprint density at radius 3 is 2.84 bits per heavy atom. The molecule has 0 unspecified atom stereocenters. The van der Waals surface area contributed by atoms with Crippen LogP contribution in [0.5, 0.6) is 0 Å². The molecule has 0 saturated carbocycles. The first-order chi connectivity index (χ1) is 9.16. The van der Waals surface area contributed by atoms with Crippen LogP contribution in [-0.2, 0) is 17.6 Å². The highest BCUT2D eigenvalue weighted by atomic mass is 35.5. The minimum absolute atomic E-state index is 0.0640. The summed E-state index contributed by atoms with van der Waals surface area (Å²) in [7, 11) is 0. The summed E-state index contributed by atoms with van der Waals surface area (Å²) in [5.74, 6) is -0.366. The maximum Gasteiger partial charge on any atom is 0.142 e. The van der Waals surface area contributed by atoms with Crippen molar-refractivity contribution in [3.05, 3.63) is 57.0 Å². The quantitative estimate of drug-likeness (QED) is 0.757. The van der Waals surface area contributed by atoms with E-state index in [0.29, 0.717) is 12.0 Å². The highest BCUT2D eigenvalue weighted by Gasteiger charge is 2.10. The lowest BCUT2D eigenvalue weighted by atomic mass is 10.0. The smallest absolute Gasteiger partial charge is 0.142 e. The van der Waals surface area contributed by atoms with Crippen molar-refractivity contribution >= 4 is 28.7 Å². The Morgan fingerprint density at radius 2 is 2.11 bits per heavy atom. The molecule has 2 rings (SSSR count). The van der Waals surface area contributed by atoms with Gasteiger partial charge in [0.25, 0.3) is 0 Å². The maximum atomic E-state index is 13.2. The van der Waals surface area contributed by atoms with Gasteiger partial charge in [-0.15, -0.1) is 11.3 Å². The predicted octanol–water partition coefficient (Wildman–Crippen LogP) is 4.68.